The van der Waals surface area contributed by atoms with Crippen molar-refractivity contribution in [3.8, 4) is 0 Å². The molecule has 2 aromatic carbocycles. The van der Waals surface area contributed by atoms with E-state index in [1.54, 1.807) is 49.4 Å². The van der Waals surface area contributed by atoms with Crippen LogP contribution < -0.4 is 15.5 Å². The Morgan fingerprint density at radius 2 is 1.69 bits per heavy atom. The van der Waals surface area contributed by atoms with Gasteiger partial charge in [0.05, 0.1) is 30.5 Å². The number of hydrogen-bond acceptors (Lipinski definition) is 6. The number of furan rings is 1. The second-order valence-electron chi connectivity index (χ2n) is 8.23. The molecule has 3 amide bonds. The normalized spacial score (nSPS) is 14.1. The summed E-state index contributed by atoms with van der Waals surface area (Å²) in [5.41, 5.74) is 1.14. The molecule has 12 heteroatoms. The van der Waals surface area contributed by atoms with E-state index in [1.807, 2.05) is 0 Å². The molecular formula is C27H20Cl3N3O6. The third-order valence-corrected chi connectivity index (χ3v) is 6.25. The Labute approximate surface area is 237 Å². The van der Waals surface area contributed by atoms with Gasteiger partial charge in [0, 0.05) is 26.5 Å². The van der Waals surface area contributed by atoms with Crippen LogP contribution in [0.3, 0.4) is 0 Å². The molecule has 0 saturated carbocycles. The lowest BCUT2D eigenvalue weighted by Crippen LogP contribution is -2.34. The van der Waals surface area contributed by atoms with E-state index in [0.29, 0.717) is 37.9 Å². The number of hydrogen-bond donors (Lipinski definition) is 2. The number of rotatable bonds is 6. The third kappa shape index (κ3) is 6.34. The molecule has 4 rings (SSSR count). The Bertz CT molecular complexity index is 1540. The average Bonchev–Trinajstić information content (AvgIpc) is 3.42. The van der Waals surface area contributed by atoms with Gasteiger partial charge in [0.15, 0.2) is 0 Å². The molecule has 0 bridgehead atoms. The van der Waals surface area contributed by atoms with Crippen LogP contribution in [0.15, 0.2) is 75.9 Å². The number of benzene rings is 2. The molecule has 0 aliphatic carbocycles. The highest BCUT2D eigenvalue weighted by atomic mass is 35.5. The molecule has 0 saturated heterocycles. The fourth-order valence-electron chi connectivity index (χ4n) is 3.87. The van der Waals surface area contributed by atoms with Gasteiger partial charge in [-0.2, -0.15) is 0 Å². The van der Waals surface area contributed by atoms with Crippen molar-refractivity contribution in [3.05, 3.63) is 98.0 Å². The number of esters is 1. The smallest absolute Gasteiger partial charge is 0.340 e. The van der Waals surface area contributed by atoms with Crippen molar-refractivity contribution in [2.24, 2.45) is 0 Å². The molecule has 0 spiro atoms. The Hall–Kier alpha value is -4.05. The molecule has 0 atom stereocenters. The van der Waals surface area contributed by atoms with Gasteiger partial charge in [0.1, 0.15) is 11.5 Å². The summed E-state index contributed by atoms with van der Waals surface area (Å²) >= 11 is 18.1. The minimum absolute atomic E-state index is 0.0290. The van der Waals surface area contributed by atoms with Crippen molar-refractivity contribution >= 4 is 75.9 Å². The summed E-state index contributed by atoms with van der Waals surface area (Å²) in [5, 5.41) is 5.93. The van der Waals surface area contributed by atoms with Gasteiger partial charge in [-0.1, -0.05) is 40.9 Å². The van der Waals surface area contributed by atoms with Crippen molar-refractivity contribution in [3.63, 3.8) is 0 Å². The molecule has 1 aliphatic heterocycles. The number of ether oxygens (including phenoxy) is 1. The molecule has 0 radical (unpaired) electrons. The summed E-state index contributed by atoms with van der Waals surface area (Å²) < 4.78 is 10.6. The van der Waals surface area contributed by atoms with E-state index >= 15 is 0 Å². The number of nitrogens with one attached hydrogen (secondary N) is 2. The first-order chi connectivity index (χ1) is 18.6. The van der Waals surface area contributed by atoms with Crippen LogP contribution in [-0.2, 0) is 30.5 Å². The lowest BCUT2D eigenvalue weighted by Gasteiger charge is -2.18. The first kappa shape index (κ1) is 28.0. The number of nitrogens with zero attached hydrogens (tertiary/aromatic N) is 1. The molecule has 200 valence electrons. The summed E-state index contributed by atoms with van der Waals surface area (Å²) in [6.07, 6.45) is 1.39. The minimum Gasteiger partial charge on any atom is -0.465 e. The number of halogens is 3. The summed E-state index contributed by atoms with van der Waals surface area (Å²) in [4.78, 5) is 51.7. The highest BCUT2D eigenvalue weighted by Gasteiger charge is 2.38. The molecule has 39 heavy (non-hydrogen) atoms. The first-order valence-electron chi connectivity index (χ1n) is 11.3. The van der Waals surface area contributed by atoms with E-state index in [0.717, 1.165) is 0 Å². The van der Waals surface area contributed by atoms with Gasteiger partial charge in [0.2, 0.25) is 0 Å². The highest BCUT2D eigenvalue weighted by Crippen LogP contribution is 2.37. The molecule has 9 nitrogen and oxygen atoms in total. The van der Waals surface area contributed by atoms with Crippen molar-refractivity contribution in [1.29, 1.82) is 0 Å². The fourth-order valence-corrected chi connectivity index (χ4v) is 4.58. The van der Waals surface area contributed by atoms with Crippen molar-refractivity contribution in [1.82, 2.24) is 5.32 Å². The summed E-state index contributed by atoms with van der Waals surface area (Å²) in [5.74, 6) is -2.48. The van der Waals surface area contributed by atoms with Crippen LogP contribution in [0.4, 0.5) is 11.4 Å². The largest absolute Gasteiger partial charge is 0.465 e. The van der Waals surface area contributed by atoms with Crippen LogP contribution in [0, 0.1) is 0 Å². The third-order valence-electron chi connectivity index (χ3n) is 5.58. The maximum Gasteiger partial charge on any atom is 0.340 e. The zero-order valence-corrected chi connectivity index (χ0v) is 22.8. The predicted octanol–water partition coefficient (Wildman–Crippen LogP) is 5.37. The molecule has 1 aliphatic rings. The van der Waals surface area contributed by atoms with E-state index < -0.39 is 23.7 Å². The van der Waals surface area contributed by atoms with Crippen LogP contribution in [0.1, 0.15) is 18.4 Å². The molecule has 0 unspecified atom stereocenters. The Balaban J connectivity index is 1.51. The maximum atomic E-state index is 13.4. The van der Waals surface area contributed by atoms with Crippen LogP contribution in [0.25, 0.3) is 6.08 Å². The van der Waals surface area contributed by atoms with E-state index in [9.17, 15) is 19.2 Å². The van der Waals surface area contributed by atoms with Gasteiger partial charge in [-0.15, -0.1) is 0 Å². The Morgan fingerprint density at radius 1 is 0.974 bits per heavy atom. The van der Waals surface area contributed by atoms with E-state index in [2.05, 4.69) is 10.6 Å². The summed E-state index contributed by atoms with van der Waals surface area (Å²) in [6.45, 7) is 1.49. The van der Waals surface area contributed by atoms with Crippen molar-refractivity contribution in [2.75, 3.05) is 17.3 Å². The van der Waals surface area contributed by atoms with Crippen molar-refractivity contribution in [2.45, 2.75) is 13.5 Å². The van der Waals surface area contributed by atoms with Crippen LogP contribution in [-0.4, -0.2) is 30.8 Å². The number of methoxy groups -OCH3 is 1. The second-order valence-corrected chi connectivity index (χ2v) is 9.54. The zero-order valence-electron chi connectivity index (χ0n) is 20.5. The summed E-state index contributed by atoms with van der Waals surface area (Å²) in [7, 11) is 1.21. The summed E-state index contributed by atoms with van der Waals surface area (Å²) in [6, 6.07) is 14.1. The van der Waals surface area contributed by atoms with Crippen LogP contribution in [0.2, 0.25) is 15.1 Å². The topological polar surface area (TPSA) is 118 Å². The molecular weight excluding hydrogens is 569 g/mol. The second kappa shape index (κ2) is 11.8. The maximum absolute atomic E-state index is 13.4. The molecule has 2 N–H and O–H groups in total. The fraction of sp³-hybridized carbons (Fsp3) is 0.111. The Morgan fingerprint density at radius 3 is 2.36 bits per heavy atom. The molecule has 3 aromatic rings. The quantitative estimate of drug-likeness (QED) is 0.227. The monoisotopic (exact) mass is 587 g/mol. The number of carbonyl (C=O) groups is 4. The lowest BCUT2D eigenvalue weighted by molar-refractivity contribution is -0.136. The first-order valence-corrected chi connectivity index (χ1v) is 12.5. The van der Waals surface area contributed by atoms with E-state index in [1.165, 1.54) is 30.2 Å². The number of amides is 3. The van der Waals surface area contributed by atoms with Gasteiger partial charge >= 0.3 is 17.8 Å². The van der Waals surface area contributed by atoms with Gasteiger partial charge in [0.25, 0.3) is 5.91 Å². The van der Waals surface area contributed by atoms with Crippen LogP contribution >= 0.6 is 34.8 Å². The Kier molecular flexibility index (Phi) is 8.44. The standard InChI is InChI=1S/C27H20Cl3N3O6/c1-14-23(27(37)38-2)22(26(36)33(14)19-10-16(29)8-17(30)11-19)12-20-6-7-21(39-20)13-31-24(34)25(35)32-18-5-3-4-15(28)9-18/h3-12H,13H2,1-2H3,(H,31,34)(H,32,35)/b22-12+. The zero-order chi connectivity index (χ0) is 28.3. The van der Waals surface area contributed by atoms with E-state index in [4.69, 9.17) is 44.0 Å². The SMILES string of the molecule is COC(=O)C1=C(C)N(c2cc(Cl)cc(Cl)c2)C(=O)/C1=C/c1ccc(CNC(=O)C(=O)Nc2cccc(Cl)c2)o1. The molecule has 2 heterocycles. The lowest BCUT2D eigenvalue weighted by atomic mass is 10.1. The van der Waals surface area contributed by atoms with Crippen molar-refractivity contribution < 1.29 is 28.3 Å². The van der Waals surface area contributed by atoms with Gasteiger partial charge in [-0.25, -0.2) is 4.79 Å². The minimum atomic E-state index is -0.889. The molecule has 0 fully saturated rings. The number of carbonyl (C=O) groups excluding carboxylic acids is 4. The van der Waals surface area contributed by atoms with Crippen LogP contribution in [0.5, 0.6) is 0 Å². The van der Waals surface area contributed by atoms with Gasteiger partial charge in [-0.05, 0) is 61.5 Å². The number of allylic oxidation sites excluding steroid dienone is 1. The number of anilines is 2. The van der Waals surface area contributed by atoms with Gasteiger partial charge in [-0.3, -0.25) is 19.3 Å². The predicted molar refractivity (Wildman–Crippen MR) is 147 cm³/mol. The highest BCUT2D eigenvalue weighted by molar-refractivity contribution is 6.40. The van der Waals surface area contributed by atoms with Gasteiger partial charge < -0.3 is 19.8 Å². The van der Waals surface area contributed by atoms with E-state index in [-0.39, 0.29) is 23.5 Å². The average molecular weight is 589 g/mol. The molecule has 1 aromatic heterocycles.